The Hall–Kier alpha value is -6.55. The molecule has 0 amide bonds. The number of aryl methyl sites for hydroxylation is 1. The molecule has 5 heterocycles. The van der Waals surface area contributed by atoms with Crippen LogP contribution in [0.4, 0.5) is 24.8 Å². The van der Waals surface area contributed by atoms with Gasteiger partial charge in [-0.3, -0.25) is 4.90 Å². The Labute approximate surface area is 374 Å². The number of thiophene rings is 1. The molecule has 12 heteroatoms. The van der Waals surface area contributed by atoms with Crippen molar-refractivity contribution in [1.29, 1.82) is 5.26 Å². The smallest absolute Gasteiger partial charge is 0.367 e. The number of hydrogen-bond acceptors (Lipinski definition) is 8. The number of nitriles is 1. The van der Waals surface area contributed by atoms with Crippen LogP contribution < -0.4 is 10.6 Å². The van der Waals surface area contributed by atoms with Gasteiger partial charge in [0.2, 0.25) is 0 Å². The summed E-state index contributed by atoms with van der Waals surface area (Å²) in [6.07, 6.45) is 2.00. The van der Waals surface area contributed by atoms with Gasteiger partial charge in [0.15, 0.2) is 0 Å². The lowest BCUT2D eigenvalue weighted by Crippen LogP contribution is -2.39. The van der Waals surface area contributed by atoms with Crippen LogP contribution in [0.3, 0.4) is 0 Å². The van der Waals surface area contributed by atoms with Crippen molar-refractivity contribution in [3.05, 3.63) is 184 Å². The van der Waals surface area contributed by atoms with Gasteiger partial charge < -0.3 is 15.2 Å². The minimum absolute atomic E-state index is 0.115. The van der Waals surface area contributed by atoms with Crippen molar-refractivity contribution in [1.82, 2.24) is 24.4 Å². The quantitative estimate of drug-likeness (QED) is 0.111. The maximum Gasteiger partial charge on any atom is 0.393 e. The van der Waals surface area contributed by atoms with Gasteiger partial charge in [0.1, 0.15) is 40.1 Å². The van der Waals surface area contributed by atoms with Gasteiger partial charge in [-0.05, 0) is 90.3 Å². The van der Waals surface area contributed by atoms with Crippen molar-refractivity contribution in [3.63, 3.8) is 0 Å². The molecular formula is C52H47F3N8S. The zero-order valence-electron chi connectivity index (χ0n) is 35.4. The molecular weight excluding hydrogens is 826 g/mol. The highest BCUT2D eigenvalue weighted by atomic mass is 32.1. The van der Waals surface area contributed by atoms with Crippen LogP contribution in [0.25, 0.3) is 21.1 Å². The molecule has 2 N–H and O–H groups in total. The van der Waals surface area contributed by atoms with Crippen LogP contribution in [-0.2, 0) is 30.5 Å². The normalized spacial score (nSPS) is 15.6. The fourth-order valence-corrected chi connectivity index (χ4v) is 10.7. The molecule has 2 aliphatic rings. The lowest BCUT2D eigenvalue weighted by molar-refractivity contribution is -0.126. The Bertz CT molecular complexity index is 2850. The Morgan fingerprint density at radius 1 is 0.797 bits per heavy atom. The number of aromatic nitrogens is 4. The largest absolute Gasteiger partial charge is 0.393 e. The molecule has 0 radical (unpaired) electrons. The van der Waals surface area contributed by atoms with Gasteiger partial charge in [0.25, 0.3) is 0 Å². The third-order valence-electron chi connectivity index (χ3n) is 13.3. The Balaban J connectivity index is 0.841. The first-order valence-electron chi connectivity index (χ1n) is 21.8. The summed E-state index contributed by atoms with van der Waals surface area (Å²) in [5.41, 5.74) is 7.87. The third-order valence-corrected chi connectivity index (χ3v) is 14.3. The summed E-state index contributed by atoms with van der Waals surface area (Å²) >= 11 is 1.07. The van der Waals surface area contributed by atoms with Gasteiger partial charge in [0, 0.05) is 59.6 Å². The average molecular weight is 873 g/mol. The summed E-state index contributed by atoms with van der Waals surface area (Å²) in [5.74, 6) is 1.37. The number of piperidine rings is 1. The fraction of sp³-hybridized carbons (Fsp3) is 0.269. The standard InChI is InChI=1S/C52H47F3N8S/c1-35-36(32-62-25-21-41(22-26-62)60-48-45-28-43(29-51(53,54)55)64-49(45)59-34-58-48)17-19-46-44(35)27-42(30-56)63(46)33-50(23-24-50)40-18-20-47(57-31-40)61-52(37-11-5-2-6-12-37,38-13-7-3-8-14-38)39-15-9-4-10-16-39/h2-20,27-28,31,34,41H,21-26,29,32-33H2,1H3,(H,57,61)(H,58,59,60). The zero-order chi connectivity index (χ0) is 43.9. The first kappa shape index (κ1) is 41.5. The first-order chi connectivity index (χ1) is 31.1. The van der Waals surface area contributed by atoms with Gasteiger partial charge in [0.05, 0.1) is 11.8 Å². The molecule has 0 unspecified atom stereocenters. The van der Waals surface area contributed by atoms with E-state index in [1.165, 1.54) is 23.0 Å². The topological polar surface area (TPSA) is 94.7 Å². The van der Waals surface area contributed by atoms with Crippen LogP contribution in [0.15, 0.2) is 140 Å². The SMILES string of the molecule is Cc1c(CN2CCC(Nc3ncnc4sc(CC(F)(F)F)cc34)CC2)ccc2c1cc(C#N)n2CC1(c2ccc(NC(c3ccccc3)(c3ccccc3)c3ccccc3)nc2)CC1. The van der Waals surface area contributed by atoms with Gasteiger partial charge in [-0.1, -0.05) is 103 Å². The van der Waals surface area contributed by atoms with E-state index in [9.17, 15) is 18.4 Å². The third kappa shape index (κ3) is 8.10. The molecule has 1 saturated carbocycles. The molecule has 0 bridgehead atoms. The van der Waals surface area contributed by atoms with Crippen molar-refractivity contribution < 1.29 is 13.2 Å². The molecule has 1 aliphatic carbocycles. The summed E-state index contributed by atoms with van der Waals surface area (Å²) in [7, 11) is 0. The van der Waals surface area contributed by atoms with Crippen LogP contribution in [0.1, 0.15) is 69.6 Å². The number of nitrogens with zero attached hydrogens (tertiary/aromatic N) is 6. The lowest BCUT2D eigenvalue weighted by atomic mass is 9.77. The highest BCUT2D eigenvalue weighted by molar-refractivity contribution is 7.18. The van der Waals surface area contributed by atoms with E-state index < -0.39 is 18.1 Å². The molecule has 0 atom stereocenters. The van der Waals surface area contributed by atoms with E-state index in [-0.39, 0.29) is 16.3 Å². The Morgan fingerprint density at radius 2 is 1.45 bits per heavy atom. The highest BCUT2D eigenvalue weighted by Crippen LogP contribution is 2.51. The second kappa shape index (κ2) is 16.9. The maximum atomic E-state index is 13.1. The molecule has 2 fully saturated rings. The molecule has 8 nitrogen and oxygen atoms in total. The molecule has 8 aromatic rings. The van der Waals surface area contributed by atoms with E-state index >= 15 is 0 Å². The highest BCUT2D eigenvalue weighted by Gasteiger charge is 2.46. The first-order valence-corrected chi connectivity index (χ1v) is 22.6. The van der Waals surface area contributed by atoms with E-state index in [2.05, 4.69) is 146 Å². The number of anilines is 2. The van der Waals surface area contributed by atoms with Gasteiger partial charge >= 0.3 is 6.18 Å². The van der Waals surface area contributed by atoms with Crippen LogP contribution >= 0.6 is 11.3 Å². The van der Waals surface area contributed by atoms with E-state index in [1.807, 2.05) is 24.4 Å². The van der Waals surface area contributed by atoms with Crippen molar-refractivity contribution in [2.24, 2.45) is 0 Å². The van der Waals surface area contributed by atoms with Crippen LogP contribution in [0.2, 0.25) is 0 Å². The minimum Gasteiger partial charge on any atom is -0.367 e. The summed E-state index contributed by atoms with van der Waals surface area (Å²) in [5, 5.41) is 19.6. The fourth-order valence-electron chi connectivity index (χ4n) is 9.68. The number of hydrogen-bond donors (Lipinski definition) is 2. The lowest BCUT2D eigenvalue weighted by Gasteiger charge is -2.37. The van der Waals surface area contributed by atoms with Crippen molar-refractivity contribution in [2.75, 3.05) is 23.7 Å². The minimum atomic E-state index is -4.27. The van der Waals surface area contributed by atoms with Gasteiger partial charge in [-0.2, -0.15) is 18.4 Å². The summed E-state index contributed by atoms with van der Waals surface area (Å²) < 4.78 is 41.5. The van der Waals surface area contributed by atoms with E-state index in [4.69, 9.17) is 4.98 Å². The van der Waals surface area contributed by atoms with Crippen molar-refractivity contribution in [3.8, 4) is 6.07 Å². The molecule has 64 heavy (non-hydrogen) atoms. The summed E-state index contributed by atoms with van der Waals surface area (Å²) in [6, 6.07) is 46.6. The van der Waals surface area contributed by atoms with Gasteiger partial charge in [-0.15, -0.1) is 11.3 Å². The molecule has 0 spiro atoms. The van der Waals surface area contributed by atoms with Crippen LogP contribution in [0, 0.1) is 18.3 Å². The predicted octanol–water partition coefficient (Wildman–Crippen LogP) is 11.5. The van der Waals surface area contributed by atoms with E-state index in [0.29, 0.717) is 28.3 Å². The number of halogens is 3. The van der Waals surface area contributed by atoms with Gasteiger partial charge in [-0.25, -0.2) is 15.0 Å². The molecule has 322 valence electrons. The second-order valence-corrected chi connectivity index (χ2v) is 18.5. The average Bonchev–Trinajstić information content (AvgIpc) is 3.85. The number of rotatable bonds is 13. The van der Waals surface area contributed by atoms with Crippen LogP contribution in [-0.4, -0.2) is 49.7 Å². The monoisotopic (exact) mass is 872 g/mol. The number of pyridine rings is 1. The summed E-state index contributed by atoms with van der Waals surface area (Å²) in [6.45, 7) is 5.39. The molecule has 10 rings (SSSR count). The Kier molecular flexibility index (Phi) is 10.9. The number of benzene rings is 4. The zero-order valence-corrected chi connectivity index (χ0v) is 36.3. The van der Waals surface area contributed by atoms with E-state index in [1.54, 1.807) is 6.07 Å². The van der Waals surface area contributed by atoms with Crippen molar-refractivity contribution >= 4 is 44.1 Å². The molecule has 4 aromatic carbocycles. The summed E-state index contributed by atoms with van der Waals surface area (Å²) in [4.78, 5) is 17.0. The number of nitrogens with one attached hydrogen (secondary N) is 2. The van der Waals surface area contributed by atoms with Crippen LogP contribution in [0.5, 0.6) is 0 Å². The molecule has 1 aliphatic heterocycles. The molecule has 1 saturated heterocycles. The maximum absolute atomic E-state index is 13.1. The molecule has 4 aromatic heterocycles. The van der Waals surface area contributed by atoms with Crippen molar-refractivity contribution in [2.45, 2.75) is 75.3 Å². The number of likely N-dealkylation sites (tertiary alicyclic amines) is 1. The number of fused-ring (bicyclic) bond motifs is 2. The predicted molar refractivity (Wildman–Crippen MR) is 248 cm³/mol. The number of alkyl halides is 3. The van der Waals surface area contributed by atoms with E-state index in [0.717, 1.165) is 90.1 Å². The second-order valence-electron chi connectivity index (χ2n) is 17.3. The Morgan fingerprint density at radius 3 is 2.03 bits per heavy atom.